The molecular formula is C14H22N4O3. The van der Waals surface area contributed by atoms with Gasteiger partial charge in [0.2, 0.25) is 5.91 Å². The fourth-order valence-corrected chi connectivity index (χ4v) is 2.26. The molecule has 21 heavy (non-hydrogen) atoms. The third-order valence-electron chi connectivity index (χ3n) is 3.57. The largest absolute Gasteiger partial charge is 0.374 e. The molecule has 0 aliphatic carbocycles. The van der Waals surface area contributed by atoms with Crippen molar-refractivity contribution in [3.63, 3.8) is 0 Å². The van der Waals surface area contributed by atoms with Gasteiger partial charge in [-0.15, -0.1) is 0 Å². The van der Waals surface area contributed by atoms with E-state index in [1.165, 1.54) is 4.68 Å². The summed E-state index contributed by atoms with van der Waals surface area (Å²) in [6, 6.07) is 1.59. The number of amides is 1. The summed E-state index contributed by atoms with van der Waals surface area (Å²) in [5, 5.41) is 6.89. The van der Waals surface area contributed by atoms with E-state index >= 15 is 0 Å². The maximum atomic E-state index is 11.6. The van der Waals surface area contributed by atoms with E-state index in [1.807, 2.05) is 6.92 Å². The maximum absolute atomic E-state index is 11.6. The molecule has 2 heterocycles. The van der Waals surface area contributed by atoms with Crippen LogP contribution < -0.4 is 15.8 Å². The van der Waals surface area contributed by atoms with Crippen molar-refractivity contribution in [1.29, 1.82) is 0 Å². The van der Waals surface area contributed by atoms with E-state index in [-0.39, 0.29) is 17.6 Å². The molecule has 1 amide bonds. The lowest BCUT2D eigenvalue weighted by molar-refractivity contribution is -0.120. The summed E-state index contributed by atoms with van der Waals surface area (Å²) in [7, 11) is 1.63. The molecular weight excluding hydrogens is 272 g/mol. The molecule has 2 rings (SSSR count). The first-order chi connectivity index (χ1) is 10.1. The Morgan fingerprint density at radius 2 is 2.38 bits per heavy atom. The molecule has 7 nitrogen and oxygen atoms in total. The van der Waals surface area contributed by atoms with E-state index < -0.39 is 0 Å². The van der Waals surface area contributed by atoms with Gasteiger partial charge in [0.1, 0.15) is 0 Å². The topological polar surface area (TPSA) is 76.5 Å². The van der Waals surface area contributed by atoms with Gasteiger partial charge in [0.25, 0.3) is 5.56 Å². The number of nitrogens with one attached hydrogen (secondary N) is 1. The molecule has 0 aromatic carbocycles. The third kappa shape index (κ3) is 4.29. The second kappa shape index (κ2) is 7.21. The zero-order valence-electron chi connectivity index (χ0n) is 12.5. The summed E-state index contributed by atoms with van der Waals surface area (Å²) in [5.41, 5.74) is 0.703. The van der Waals surface area contributed by atoms with Crippen molar-refractivity contribution in [2.45, 2.75) is 25.9 Å². The van der Waals surface area contributed by atoms with Crippen molar-refractivity contribution in [3.8, 4) is 0 Å². The number of ether oxygens (including phenoxy) is 1. The van der Waals surface area contributed by atoms with Crippen molar-refractivity contribution in [3.05, 3.63) is 22.6 Å². The highest BCUT2D eigenvalue weighted by Crippen LogP contribution is 2.16. The average molecular weight is 294 g/mol. The summed E-state index contributed by atoms with van der Waals surface area (Å²) in [4.78, 5) is 24.9. The molecule has 1 fully saturated rings. The molecule has 7 heteroatoms. The molecule has 0 bridgehead atoms. The molecule has 1 saturated heterocycles. The van der Waals surface area contributed by atoms with Gasteiger partial charge >= 0.3 is 0 Å². The van der Waals surface area contributed by atoms with E-state index in [0.29, 0.717) is 26.1 Å². The molecule has 1 N–H and O–H groups in total. The Labute approximate surface area is 123 Å². The van der Waals surface area contributed by atoms with Gasteiger partial charge in [0, 0.05) is 39.2 Å². The average Bonchev–Trinajstić information content (AvgIpc) is 2.50. The first kappa shape index (κ1) is 15.5. The van der Waals surface area contributed by atoms with Crippen LogP contribution >= 0.6 is 0 Å². The fourth-order valence-electron chi connectivity index (χ4n) is 2.26. The maximum Gasteiger partial charge on any atom is 0.268 e. The van der Waals surface area contributed by atoms with Crippen LogP contribution in [0.3, 0.4) is 0 Å². The van der Waals surface area contributed by atoms with Crippen LogP contribution in [0.2, 0.25) is 0 Å². The van der Waals surface area contributed by atoms with Crippen LogP contribution in [0.4, 0.5) is 5.69 Å². The quantitative estimate of drug-likeness (QED) is 0.821. The zero-order chi connectivity index (χ0) is 15.2. The molecule has 0 radical (unpaired) electrons. The molecule has 1 aliphatic heterocycles. The van der Waals surface area contributed by atoms with Gasteiger partial charge in [0.05, 0.1) is 24.6 Å². The van der Waals surface area contributed by atoms with Crippen LogP contribution in [-0.4, -0.2) is 48.0 Å². The van der Waals surface area contributed by atoms with Crippen LogP contribution in [0.15, 0.2) is 17.1 Å². The van der Waals surface area contributed by atoms with Crippen LogP contribution in [0.25, 0.3) is 0 Å². The van der Waals surface area contributed by atoms with Gasteiger partial charge in [-0.05, 0) is 6.42 Å². The molecule has 1 aliphatic rings. The summed E-state index contributed by atoms with van der Waals surface area (Å²) in [5.74, 6) is 0.0541. The highest BCUT2D eigenvalue weighted by atomic mass is 16.5. The number of aromatic nitrogens is 2. The zero-order valence-corrected chi connectivity index (χ0v) is 12.5. The Bertz CT molecular complexity index is 543. The monoisotopic (exact) mass is 294 g/mol. The number of anilines is 1. The number of nitrogens with zero attached hydrogens (tertiary/aromatic N) is 3. The Kier molecular flexibility index (Phi) is 5.32. The minimum absolute atomic E-state index is 0.0541. The lowest BCUT2D eigenvalue weighted by Gasteiger charge is -2.34. The number of hydrogen-bond acceptors (Lipinski definition) is 5. The summed E-state index contributed by atoms with van der Waals surface area (Å²) in [6.07, 6.45) is 3.01. The Hall–Kier alpha value is -1.89. The van der Waals surface area contributed by atoms with E-state index in [9.17, 15) is 9.59 Å². The first-order valence-corrected chi connectivity index (χ1v) is 7.26. The van der Waals surface area contributed by atoms with Gasteiger partial charge in [-0.1, -0.05) is 6.92 Å². The summed E-state index contributed by atoms with van der Waals surface area (Å²) in [6.45, 7) is 4.50. The number of hydrogen-bond donors (Lipinski definition) is 1. The molecule has 116 valence electrons. The summed E-state index contributed by atoms with van der Waals surface area (Å²) < 4.78 is 7.01. The van der Waals surface area contributed by atoms with Crippen molar-refractivity contribution in [2.75, 3.05) is 31.1 Å². The Balaban J connectivity index is 1.89. The van der Waals surface area contributed by atoms with Crippen molar-refractivity contribution < 1.29 is 9.53 Å². The van der Waals surface area contributed by atoms with E-state index in [0.717, 1.165) is 18.7 Å². The first-order valence-electron chi connectivity index (χ1n) is 7.26. The minimum Gasteiger partial charge on any atom is -0.374 e. The molecule has 1 atom stereocenters. The van der Waals surface area contributed by atoms with Gasteiger partial charge in [-0.25, -0.2) is 4.68 Å². The van der Waals surface area contributed by atoms with E-state index in [4.69, 9.17) is 4.74 Å². The standard InChI is InChI=1S/C14H22N4O3/c1-3-13(19)15-5-4-12-10-18(6-7-21-12)11-8-14(20)17(2)16-9-11/h8-9,12H,3-7,10H2,1-2H3,(H,15,19). The molecule has 1 aromatic heterocycles. The van der Waals surface area contributed by atoms with E-state index in [2.05, 4.69) is 15.3 Å². The second-order valence-electron chi connectivity index (χ2n) is 5.11. The lowest BCUT2D eigenvalue weighted by atomic mass is 10.2. The number of carbonyl (C=O) groups excluding carboxylic acids is 1. The number of carbonyl (C=O) groups is 1. The van der Waals surface area contributed by atoms with Gasteiger partial charge in [-0.3, -0.25) is 9.59 Å². The summed E-state index contributed by atoms with van der Waals surface area (Å²) >= 11 is 0. The normalized spacial score (nSPS) is 18.6. The third-order valence-corrected chi connectivity index (χ3v) is 3.57. The predicted molar refractivity (Wildman–Crippen MR) is 79.3 cm³/mol. The van der Waals surface area contributed by atoms with Gasteiger partial charge in [0.15, 0.2) is 0 Å². The Morgan fingerprint density at radius 1 is 1.57 bits per heavy atom. The van der Waals surface area contributed by atoms with Crippen LogP contribution in [-0.2, 0) is 16.6 Å². The van der Waals surface area contributed by atoms with Crippen LogP contribution in [0, 0.1) is 0 Å². The minimum atomic E-state index is -0.120. The Morgan fingerprint density at radius 3 is 3.10 bits per heavy atom. The van der Waals surface area contributed by atoms with Crippen molar-refractivity contribution in [1.82, 2.24) is 15.1 Å². The fraction of sp³-hybridized carbons (Fsp3) is 0.643. The highest BCUT2D eigenvalue weighted by molar-refractivity contribution is 5.75. The van der Waals surface area contributed by atoms with Crippen molar-refractivity contribution in [2.24, 2.45) is 7.05 Å². The second-order valence-corrected chi connectivity index (χ2v) is 5.11. The lowest BCUT2D eigenvalue weighted by Crippen LogP contribution is -2.44. The number of aryl methyl sites for hydroxylation is 1. The van der Waals surface area contributed by atoms with Crippen molar-refractivity contribution >= 4 is 11.6 Å². The van der Waals surface area contributed by atoms with Crippen LogP contribution in [0.1, 0.15) is 19.8 Å². The van der Waals surface area contributed by atoms with E-state index in [1.54, 1.807) is 19.3 Å². The SMILES string of the molecule is CCC(=O)NCCC1CN(c2cnn(C)c(=O)c2)CCO1. The number of rotatable bonds is 5. The molecule has 1 aromatic rings. The van der Waals surface area contributed by atoms with Gasteiger partial charge < -0.3 is 15.0 Å². The van der Waals surface area contributed by atoms with Gasteiger partial charge in [-0.2, -0.15) is 5.10 Å². The predicted octanol–water partition coefficient (Wildman–Crippen LogP) is -0.0982. The molecule has 1 unspecified atom stereocenters. The highest BCUT2D eigenvalue weighted by Gasteiger charge is 2.21. The molecule has 0 saturated carbocycles. The number of morpholine rings is 1. The van der Waals surface area contributed by atoms with Crippen LogP contribution in [0.5, 0.6) is 0 Å². The smallest absolute Gasteiger partial charge is 0.268 e. The molecule has 0 spiro atoms.